The van der Waals surface area contributed by atoms with E-state index in [4.69, 9.17) is 10.5 Å². The molecule has 0 heterocycles. The van der Waals surface area contributed by atoms with Crippen LogP contribution in [0.25, 0.3) is 0 Å². The highest BCUT2D eigenvalue weighted by atomic mass is 14.2. The van der Waals surface area contributed by atoms with Gasteiger partial charge in [0.25, 0.3) is 0 Å². The third kappa shape index (κ3) is 3.72. The minimum atomic E-state index is 0.347. The number of rotatable bonds is 2. The summed E-state index contributed by atoms with van der Waals surface area (Å²) in [5.41, 5.74) is 0.876. The van der Waals surface area contributed by atoms with E-state index in [2.05, 4.69) is 6.58 Å². The molecule has 11 heavy (non-hydrogen) atoms. The lowest BCUT2D eigenvalue weighted by molar-refractivity contribution is 1.47. The molecule has 0 aromatic carbocycles. The standard InChI is InChI=1S/C9H8N2/c1-3-9(7-11)5-4-8(2)6-10/h3-5H,2H2,1H3/b5-4-,9-3+. The maximum Gasteiger partial charge on any atom is 0.0988 e. The Hall–Kier alpha value is -1.80. The smallest absolute Gasteiger partial charge is 0.0988 e. The molecule has 0 aromatic heterocycles. The van der Waals surface area contributed by atoms with E-state index >= 15 is 0 Å². The highest BCUT2D eigenvalue weighted by Crippen LogP contribution is 1.97. The predicted molar refractivity (Wildman–Crippen MR) is 43.3 cm³/mol. The lowest BCUT2D eigenvalue weighted by Crippen LogP contribution is -1.70. The van der Waals surface area contributed by atoms with Crippen LogP contribution in [0.4, 0.5) is 0 Å². The second kappa shape index (κ2) is 5.02. The molecule has 2 nitrogen and oxygen atoms in total. The molecule has 0 radical (unpaired) electrons. The molecule has 0 bridgehead atoms. The van der Waals surface area contributed by atoms with Crippen molar-refractivity contribution in [2.45, 2.75) is 6.92 Å². The van der Waals surface area contributed by atoms with E-state index in [9.17, 15) is 0 Å². The van der Waals surface area contributed by atoms with Crippen molar-refractivity contribution in [1.82, 2.24) is 0 Å². The van der Waals surface area contributed by atoms with E-state index in [1.165, 1.54) is 6.08 Å². The van der Waals surface area contributed by atoms with E-state index in [-0.39, 0.29) is 0 Å². The van der Waals surface area contributed by atoms with Crippen molar-refractivity contribution in [2.75, 3.05) is 0 Å². The van der Waals surface area contributed by atoms with E-state index < -0.39 is 0 Å². The van der Waals surface area contributed by atoms with Crippen LogP contribution in [0, 0.1) is 22.7 Å². The molecule has 0 saturated carbocycles. The van der Waals surface area contributed by atoms with Crippen molar-refractivity contribution in [2.24, 2.45) is 0 Å². The summed E-state index contributed by atoms with van der Waals surface area (Å²) in [6.07, 6.45) is 4.74. The molecule has 0 rings (SSSR count). The molecule has 54 valence electrons. The molecule has 2 heteroatoms. The Labute approximate surface area is 66.4 Å². The van der Waals surface area contributed by atoms with E-state index in [0.29, 0.717) is 11.1 Å². The average Bonchev–Trinajstić information content (AvgIpc) is 2.06. The van der Waals surface area contributed by atoms with Gasteiger partial charge in [-0.05, 0) is 19.1 Å². The molecular formula is C9H8N2. The fraction of sp³-hybridized carbons (Fsp3) is 0.111. The van der Waals surface area contributed by atoms with Gasteiger partial charge in [-0.25, -0.2) is 0 Å². The number of hydrogen-bond donors (Lipinski definition) is 0. The molecule has 0 aliphatic heterocycles. The first-order valence-corrected chi connectivity index (χ1v) is 3.08. The molecule has 0 fully saturated rings. The highest BCUT2D eigenvalue weighted by molar-refractivity contribution is 5.39. The van der Waals surface area contributed by atoms with Crippen molar-refractivity contribution in [1.29, 1.82) is 10.5 Å². The lowest BCUT2D eigenvalue weighted by Gasteiger charge is -1.82. The zero-order valence-corrected chi connectivity index (χ0v) is 6.33. The molecule has 0 aliphatic carbocycles. The van der Waals surface area contributed by atoms with Crippen LogP contribution in [0.15, 0.2) is 36.0 Å². The Morgan fingerprint density at radius 3 is 2.27 bits per heavy atom. The summed E-state index contributed by atoms with van der Waals surface area (Å²) < 4.78 is 0. The number of nitriles is 2. The molecule has 0 N–H and O–H groups in total. The van der Waals surface area contributed by atoms with Crippen LogP contribution < -0.4 is 0 Å². The van der Waals surface area contributed by atoms with Gasteiger partial charge in [-0.3, -0.25) is 0 Å². The fourth-order valence-corrected chi connectivity index (χ4v) is 0.426. The summed E-state index contributed by atoms with van der Waals surface area (Å²) in [6, 6.07) is 3.81. The lowest BCUT2D eigenvalue weighted by atomic mass is 10.2. The van der Waals surface area contributed by atoms with Crippen molar-refractivity contribution < 1.29 is 0 Å². The van der Waals surface area contributed by atoms with Gasteiger partial charge >= 0.3 is 0 Å². The number of allylic oxidation sites excluding steroid dienone is 5. The second-order valence-corrected chi connectivity index (χ2v) is 1.83. The highest BCUT2D eigenvalue weighted by Gasteiger charge is 1.85. The molecule has 0 atom stereocenters. The maximum absolute atomic E-state index is 8.43. The molecule has 0 saturated heterocycles. The Bertz CT molecular complexity index is 282. The van der Waals surface area contributed by atoms with Crippen LogP contribution in [0.1, 0.15) is 6.92 Å². The number of hydrogen-bond acceptors (Lipinski definition) is 2. The van der Waals surface area contributed by atoms with Crippen molar-refractivity contribution in [3.05, 3.63) is 36.0 Å². The predicted octanol–water partition coefficient (Wildman–Crippen LogP) is 2.09. The van der Waals surface area contributed by atoms with Gasteiger partial charge in [-0.2, -0.15) is 10.5 Å². The van der Waals surface area contributed by atoms with Crippen LogP contribution in [0.3, 0.4) is 0 Å². The SMILES string of the molecule is C=C(C#N)/C=C\C(C#N)=C/C. The third-order valence-electron chi connectivity index (χ3n) is 1.05. The first-order chi connectivity index (χ1) is 5.24. The summed E-state index contributed by atoms with van der Waals surface area (Å²) in [7, 11) is 0. The molecule has 0 unspecified atom stereocenters. The zero-order valence-electron chi connectivity index (χ0n) is 6.33. The monoisotopic (exact) mass is 144 g/mol. The van der Waals surface area contributed by atoms with E-state index in [0.717, 1.165) is 0 Å². The van der Waals surface area contributed by atoms with Crippen molar-refractivity contribution in [3.8, 4) is 12.1 Å². The first kappa shape index (κ1) is 9.20. The largest absolute Gasteiger partial charge is 0.192 e. The van der Waals surface area contributed by atoms with Crippen molar-refractivity contribution >= 4 is 0 Å². The normalized spacial score (nSPS) is 10.6. The molecule has 0 aromatic rings. The molecular weight excluding hydrogens is 136 g/mol. The summed E-state index contributed by atoms with van der Waals surface area (Å²) in [4.78, 5) is 0. The summed E-state index contributed by atoms with van der Waals surface area (Å²) in [6.45, 7) is 5.19. The fourth-order valence-electron chi connectivity index (χ4n) is 0.426. The summed E-state index contributed by atoms with van der Waals surface area (Å²) in [5.74, 6) is 0. The van der Waals surface area contributed by atoms with Gasteiger partial charge in [0.2, 0.25) is 0 Å². The Balaban J connectivity index is 4.29. The third-order valence-corrected chi connectivity index (χ3v) is 1.05. The second-order valence-electron chi connectivity index (χ2n) is 1.83. The quantitative estimate of drug-likeness (QED) is 0.440. The molecule has 0 amide bonds. The topological polar surface area (TPSA) is 47.6 Å². The van der Waals surface area contributed by atoms with Gasteiger partial charge in [-0.1, -0.05) is 12.7 Å². The van der Waals surface area contributed by atoms with Crippen LogP contribution in [0.2, 0.25) is 0 Å². The van der Waals surface area contributed by atoms with Gasteiger partial charge < -0.3 is 0 Å². The van der Waals surface area contributed by atoms with Crippen LogP contribution in [-0.2, 0) is 0 Å². The van der Waals surface area contributed by atoms with E-state index in [1.807, 2.05) is 12.1 Å². The maximum atomic E-state index is 8.43. The van der Waals surface area contributed by atoms with Crippen LogP contribution in [-0.4, -0.2) is 0 Å². The molecule has 0 spiro atoms. The number of nitrogens with zero attached hydrogens (tertiary/aromatic N) is 2. The average molecular weight is 144 g/mol. The molecule has 0 aliphatic rings. The summed E-state index contributed by atoms with van der Waals surface area (Å²) >= 11 is 0. The zero-order chi connectivity index (χ0) is 8.69. The first-order valence-electron chi connectivity index (χ1n) is 3.08. The van der Waals surface area contributed by atoms with Gasteiger partial charge in [-0.15, -0.1) is 0 Å². The van der Waals surface area contributed by atoms with Crippen LogP contribution >= 0.6 is 0 Å². The van der Waals surface area contributed by atoms with Gasteiger partial charge in [0, 0.05) is 11.1 Å². The Morgan fingerprint density at radius 1 is 1.27 bits per heavy atom. The Kier molecular flexibility index (Phi) is 4.20. The van der Waals surface area contributed by atoms with Crippen LogP contribution in [0.5, 0.6) is 0 Å². The minimum absolute atomic E-state index is 0.347. The van der Waals surface area contributed by atoms with E-state index in [1.54, 1.807) is 19.1 Å². The van der Waals surface area contributed by atoms with Crippen molar-refractivity contribution in [3.63, 3.8) is 0 Å². The van der Waals surface area contributed by atoms with Gasteiger partial charge in [0.15, 0.2) is 0 Å². The Morgan fingerprint density at radius 2 is 1.91 bits per heavy atom. The van der Waals surface area contributed by atoms with Gasteiger partial charge in [0.1, 0.15) is 0 Å². The van der Waals surface area contributed by atoms with Gasteiger partial charge in [0.05, 0.1) is 12.1 Å². The summed E-state index contributed by atoms with van der Waals surface area (Å²) in [5, 5.41) is 16.7. The minimum Gasteiger partial charge on any atom is -0.192 e.